The van der Waals surface area contributed by atoms with E-state index in [-0.39, 0.29) is 6.04 Å². The lowest BCUT2D eigenvalue weighted by Crippen LogP contribution is -2.44. The lowest BCUT2D eigenvalue weighted by atomic mass is 10.0. The highest BCUT2D eigenvalue weighted by atomic mass is 79.9. The minimum Gasteiger partial charge on any atom is -0.377 e. The first-order chi connectivity index (χ1) is 10.2. The summed E-state index contributed by atoms with van der Waals surface area (Å²) in [5.74, 6) is 0. The molecule has 2 N–H and O–H groups in total. The molecule has 1 aliphatic heterocycles. The van der Waals surface area contributed by atoms with Crippen molar-refractivity contribution in [2.75, 3.05) is 26.2 Å². The van der Waals surface area contributed by atoms with Gasteiger partial charge in [0.2, 0.25) is 0 Å². The van der Waals surface area contributed by atoms with Crippen LogP contribution in [-0.4, -0.2) is 37.2 Å². The monoisotopic (exact) mass is 374 g/mol. The number of piperidine rings is 1. The van der Waals surface area contributed by atoms with Crippen LogP contribution in [0.25, 0.3) is 0 Å². The van der Waals surface area contributed by atoms with Crippen molar-refractivity contribution < 1.29 is 4.74 Å². The fraction of sp³-hybridized carbons (Fsp3) is 0.625. The van der Waals surface area contributed by atoms with Gasteiger partial charge in [0.25, 0.3) is 0 Å². The van der Waals surface area contributed by atoms with Gasteiger partial charge in [-0.05, 0) is 49.6 Å². The minimum atomic E-state index is 0.156. The Labute approximate surface area is 140 Å². The molecule has 21 heavy (non-hydrogen) atoms. The maximum atomic E-state index is 6.37. The fourth-order valence-corrected chi connectivity index (χ4v) is 3.53. The average molecular weight is 376 g/mol. The number of nitrogens with zero attached hydrogens (tertiary/aromatic N) is 1. The van der Waals surface area contributed by atoms with Gasteiger partial charge in [0.05, 0.1) is 6.10 Å². The van der Waals surface area contributed by atoms with Gasteiger partial charge in [-0.1, -0.05) is 34.5 Å². The molecule has 0 amide bonds. The molecule has 0 bridgehead atoms. The van der Waals surface area contributed by atoms with Crippen LogP contribution in [0.4, 0.5) is 0 Å². The second kappa shape index (κ2) is 8.49. The van der Waals surface area contributed by atoms with Crippen LogP contribution in [0.2, 0.25) is 5.02 Å². The summed E-state index contributed by atoms with van der Waals surface area (Å²) in [6.45, 7) is 5.53. The first-order valence-electron chi connectivity index (χ1n) is 7.66. The number of likely N-dealkylation sites (tertiary alicyclic amines) is 1. The Bertz CT molecular complexity index is 458. The fourth-order valence-electron chi connectivity index (χ4n) is 2.91. The molecule has 1 heterocycles. The normalized spacial score (nSPS) is 21.4. The number of halogens is 2. The average Bonchev–Trinajstić information content (AvgIpc) is 2.50. The Kier molecular flexibility index (Phi) is 6.96. The summed E-state index contributed by atoms with van der Waals surface area (Å²) < 4.78 is 6.96. The lowest BCUT2D eigenvalue weighted by Gasteiger charge is -2.38. The molecule has 0 aliphatic carbocycles. The summed E-state index contributed by atoms with van der Waals surface area (Å²) in [6.07, 6.45) is 3.67. The van der Waals surface area contributed by atoms with E-state index in [0.717, 1.165) is 54.0 Å². The third-order valence-corrected chi connectivity index (χ3v) is 4.79. The van der Waals surface area contributed by atoms with Crippen LogP contribution in [-0.2, 0) is 4.74 Å². The second-order valence-electron chi connectivity index (χ2n) is 5.55. The van der Waals surface area contributed by atoms with Gasteiger partial charge in [0.15, 0.2) is 0 Å². The predicted molar refractivity (Wildman–Crippen MR) is 91.8 cm³/mol. The first-order valence-corrected chi connectivity index (χ1v) is 8.83. The van der Waals surface area contributed by atoms with Crippen molar-refractivity contribution in [1.82, 2.24) is 4.90 Å². The molecule has 1 aromatic rings. The molecule has 118 valence electrons. The van der Waals surface area contributed by atoms with E-state index in [1.165, 1.54) is 0 Å². The molecule has 1 saturated heterocycles. The van der Waals surface area contributed by atoms with Gasteiger partial charge in [-0.25, -0.2) is 0 Å². The zero-order chi connectivity index (χ0) is 15.2. The largest absolute Gasteiger partial charge is 0.377 e. The van der Waals surface area contributed by atoms with Gasteiger partial charge in [-0.3, -0.25) is 4.90 Å². The van der Waals surface area contributed by atoms with Crippen molar-refractivity contribution in [3.63, 3.8) is 0 Å². The van der Waals surface area contributed by atoms with Crippen LogP contribution in [0, 0.1) is 0 Å². The molecule has 5 heteroatoms. The topological polar surface area (TPSA) is 38.5 Å². The van der Waals surface area contributed by atoms with Gasteiger partial charge in [0, 0.05) is 35.2 Å². The van der Waals surface area contributed by atoms with Crippen LogP contribution in [0.5, 0.6) is 0 Å². The van der Waals surface area contributed by atoms with Crippen molar-refractivity contribution in [3.05, 3.63) is 33.3 Å². The van der Waals surface area contributed by atoms with Gasteiger partial charge < -0.3 is 10.5 Å². The molecule has 3 nitrogen and oxygen atoms in total. The maximum Gasteiger partial charge on any atom is 0.0702 e. The molecule has 0 spiro atoms. The van der Waals surface area contributed by atoms with E-state index in [4.69, 9.17) is 22.1 Å². The first kappa shape index (κ1) is 17.2. The van der Waals surface area contributed by atoms with Crippen molar-refractivity contribution in [1.29, 1.82) is 0 Å². The van der Waals surface area contributed by atoms with E-state index in [9.17, 15) is 0 Å². The minimum absolute atomic E-state index is 0.156. The Balaban J connectivity index is 2.11. The number of rotatable bonds is 6. The molecule has 2 unspecified atom stereocenters. The Hall–Kier alpha value is -0.130. The third kappa shape index (κ3) is 4.67. The van der Waals surface area contributed by atoms with E-state index in [1.54, 1.807) is 0 Å². The van der Waals surface area contributed by atoms with E-state index >= 15 is 0 Å². The summed E-state index contributed by atoms with van der Waals surface area (Å²) in [5, 5.41) is 0.783. The Morgan fingerprint density at radius 3 is 3.05 bits per heavy atom. The van der Waals surface area contributed by atoms with Crippen molar-refractivity contribution >= 4 is 27.5 Å². The summed E-state index contributed by atoms with van der Waals surface area (Å²) >= 11 is 9.90. The summed E-state index contributed by atoms with van der Waals surface area (Å²) in [7, 11) is 0. The smallest absolute Gasteiger partial charge is 0.0702 e. The highest BCUT2D eigenvalue weighted by Gasteiger charge is 2.27. The molecule has 2 rings (SSSR count). The summed E-state index contributed by atoms with van der Waals surface area (Å²) in [5.41, 5.74) is 7.15. The van der Waals surface area contributed by atoms with Crippen LogP contribution < -0.4 is 5.73 Å². The number of nitrogens with two attached hydrogens (primary N) is 1. The third-order valence-electron chi connectivity index (χ3n) is 3.95. The highest BCUT2D eigenvalue weighted by molar-refractivity contribution is 9.10. The lowest BCUT2D eigenvalue weighted by molar-refractivity contribution is -0.0118. The summed E-state index contributed by atoms with van der Waals surface area (Å²) in [4.78, 5) is 2.41. The molecular formula is C16H24BrClN2O. The number of hydrogen-bond acceptors (Lipinski definition) is 3. The van der Waals surface area contributed by atoms with Crippen LogP contribution in [0.1, 0.15) is 37.8 Å². The second-order valence-corrected chi connectivity index (χ2v) is 6.87. The Morgan fingerprint density at radius 1 is 1.52 bits per heavy atom. The molecule has 1 aliphatic rings. The molecule has 2 atom stereocenters. The zero-order valence-electron chi connectivity index (χ0n) is 12.5. The molecule has 0 saturated carbocycles. The van der Waals surface area contributed by atoms with E-state index in [1.807, 2.05) is 12.1 Å². The standard InChI is InChI=1S/C16H24BrClN2O/c1-2-8-21-13-4-3-7-20(11-13)16(10-19)14-9-12(17)5-6-15(14)18/h5-6,9,13,16H,2-4,7-8,10-11,19H2,1H3. The number of hydrogen-bond donors (Lipinski definition) is 1. The van der Waals surface area contributed by atoms with Crippen LogP contribution in [0.3, 0.4) is 0 Å². The molecular weight excluding hydrogens is 352 g/mol. The SMILES string of the molecule is CCCOC1CCCN(C(CN)c2cc(Br)ccc2Cl)C1. The van der Waals surface area contributed by atoms with Gasteiger partial charge in [0.1, 0.15) is 0 Å². The summed E-state index contributed by atoms with van der Waals surface area (Å²) in [6, 6.07) is 6.13. The van der Waals surface area contributed by atoms with Crippen LogP contribution in [0.15, 0.2) is 22.7 Å². The zero-order valence-corrected chi connectivity index (χ0v) is 14.9. The van der Waals surface area contributed by atoms with E-state index in [0.29, 0.717) is 12.6 Å². The van der Waals surface area contributed by atoms with Crippen molar-refractivity contribution in [3.8, 4) is 0 Å². The number of benzene rings is 1. The molecule has 1 aromatic carbocycles. The predicted octanol–water partition coefficient (Wildman–Crippen LogP) is 3.99. The Morgan fingerprint density at radius 2 is 2.33 bits per heavy atom. The highest BCUT2D eigenvalue weighted by Crippen LogP contribution is 2.31. The van der Waals surface area contributed by atoms with Gasteiger partial charge >= 0.3 is 0 Å². The van der Waals surface area contributed by atoms with E-state index < -0.39 is 0 Å². The molecule has 1 fully saturated rings. The maximum absolute atomic E-state index is 6.37. The van der Waals surface area contributed by atoms with Crippen molar-refractivity contribution in [2.45, 2.75) is 38.3 Å². The van der Waals surface area contributed by atoms with E-state index in [2.05, 4.69) is 33.8 Å². The van der Waals surface area contributed by atoms with Crippen molar-refractivity contribution in [2.24, 2.45) is 5.73 Å². The number of ether oxygens (including phenoxy) is 1. The quantitative estimate of drug-likeness (QED) is 0.817. The van der Waals surface area contributed by atoms with Crippen LogP contribution >= 0.6 is 27.5 Å². The molecule has 0 radical (unpaired) electrons. The van der Waals surface area contributed by atoms with Gasteiger partial charge in [-0.15, -0.1) is 0 Å². The van der Waals surface area contributed by atoms with Gasteiger partial charge in [-0.2, -0.15) is 0 Å². The molecule has 0 aromatic heterocycles.